The predicted molar refractivity (Wildman–Crippen MR) is 93.9 cm³/mol. The minimum absolute atomic E-state index is 0.00786. The van der Waals surface area contributed by atoms with Crippen LogP contribution in [0, 0.1) is 0 Å². The lowest BCUT2D eigenvalue weighted by atomic mass is 10.1. The number of nitrogens with zero attached hydrogens (tertiary/aromatic N) is 2. The summed E-state index contributed by atoms with van der Waals surface area (Å²) < 4.78 is 23.7. The highest BCUT2D eigenvalue weighted by Crippen LogP contribution is 2.28. The van der Waals surface area contributed by atoms with Gasteiger partial charge in [0.05, 0.1) is 5.75 Å². The molecule has 1 aromatic carbocycles. The second-order valence-electron chi connectivity index (χ2n) is 6.15. The van der Waals surface area contributed by atoms with Gasteiger partial charge in [0.1, 0.15) is 0 Å². The second kappa shape index (κ2) is 6.91. The van der Waals surface area contributed by atoms with E-state index in [2.05, 4.69) is 4.90 Å². The quantitative estimate of drug-likeness (QED) is 0.796. The topological polar surface area (TPSA) is 57.7 Å². The zero-order valence-corrected chi connectivity index (χ0v) is 15.2. The number of carbonyl (C=O) groups is 1. The van der Waals surface area contributed by atoms with Crippen molar-refractivity contribution < 1.29 is 13.2 Å². The molecule has 0 aromatic heterocycles. The Hall–Kier alpha value is -1.56. The minimum Gasteiger partial charge on any atom is -0.374 e. The Morgan fingerprint density at radius 1 is 1.35 bits per heavy atom. The van der Waals surface area contributed by atoms with Crippen molar-refractivity contribution in [3.05, 3.63) is 29.3 Å². The third-order valence-electron chi connectivity index (χ3n) is 4.53. The fourth-order valence-electron chi connectivity index (χ4n) is 3.07. The van der Waals surface area contributed by atoms with Crippen molar-refractivity contribution in [3.63, 3.8) is 0 Å². The smallest absolute Gasteiger partial charge is 0.254 e. The highest BCUT2D eigenvalue weighted by molar-refractivity contribution is 7.91. The molecule has 1 heterocycles. The zero-order valence-electron chi connectivity index (χ0n) is 14.4. The van der Waals surface area contributed by atoms with Gasteiger partial charge in [-0.3, -0.25) is 4.79 Å². The molecule has 1 aliphatic rings. The first-order chi connectivity index (χ1) is 10.8. The van der Waals surface area contributed by atoms with E-state index >= 15 is 0 Å². The normalized spacial score (nSPS) is 15.4. The standard InChI is InChI=1S/C17H26N2O3S/c1-5-19(13(3)12-23(21,22)6-2)17(20)15-8-7-14-9-10-18(4)16(14)11-15/h7-8,11,13H,5-6,9-10,12H2,1-4H3. The van der Waals surface area contributed by atoms with Gasteiger partial charge in [-0.15, -0.1) is 0 Å². The molecule has 1 aromatic rings. The van der Waals surface area contributed by atoms with Gasteiger partial charge in [-0.25, -0.2) is 8.42 Å². The summed E-state index contributed by atoms with van der Waals surface area (Å²) in [4.78, 5) is 16.6. The maximum Gasteiger partial charge on any atom is 0.254 e. The summed E-state index contributed by atoms with van der Waals surface area (Å²) in [5, 5.41) is 0. The van der Waals surface area contributed by atoms with Crippen LogP contribution in [0.1, 0.15) is 36.7 Å². The highest BCUT2D eigenvalue weighted by atomic mass is 32.2. The lowest BCUT2D eigenvalue weighted by molar-refractivity contribution is 0.0719. The molecule has 6 heteroatoms. The van der Waals surface area contributed by atoms with E-state index < -0.39 is 9.84 Å². The van der Waals surface area contributed by atoms with E-state index in [0.717, 1.165) is 18.7 Å². The lowest BCUT2D eigenvalue weighted by Crippen LogP contribution is -2.42. The molecule has 0 aliphatic carbocycles. The van der Waals surface area contributed by atoms with Crippen molar-refractivity contribution in [1.29, 1.82) is 0 Å². The number of hydrogen-bond donors (Lipinski definition) is 0. The van der Waals surface area contributed by atoms with E-state index in [1.165, 1.54) is 5.56 Å². The molecular formula is C17H26N2O3S. The van der Waals surface area contributed by atoms with Crippen molar-refractivity contribution in [2.75, 3.05) is 36.5 Å². The third kappa shape index (κ3) is 3.86. The number of fused-ring (bicyclic) bond motifs is 1. The molecule has 2 rings (SSSR count). The molecule has 1 atom stereocenters. The molecule has 23 heavy (non-hydrogen) atoms. The monoisotopic (exact) mass is 338 g/mol. The van der Waals surface area contributed by atoms with Crippen molar-refractivity contribution in [2.24, 2.45) is 0 Å². The molecule has 0 radical (unpaired) electrons. The first-order valence-corrected chi connectivity index (χ1v) is 9.96. The van der Waals surface area contributed by atoms with Gasteiger partial charge in [0.15, 0.2) is 9.84 Å². The molecule has 128 valence electrons. The maximum absolute atomic E-state index is 12.8. The summed E-state index contributed by atoms with van der Waals surface area (Å²) in [6.45, 7) is 6.78. The van der Waals surface area contributed by atoms with E-state index in [4.69, 9.17) is 0 Å². The Morgan fingerprint density at radius 2 is 2.04 bits per heavy atom. The zero-order chi connectivity index (χ0) is 17.2. The number of amides is 1. The van der Waals surface area contributed by atoms with Gasteiger partial charge < -0.3 is 9.80 Å². The summed E-state index contributed by atoms with van der Waals surface area (Å²) in [6.07, 6.45) is 1.00. The summed E-state index contributed by atoms with van der Waals surface area (Å²) in [7, 11) is -1.09. The van der Waals surface area contributed by atoms with Crippen molar-refractivity contribution >= 4 is 21.4 Å². The highest BCUT2D eigenvalue weighted by Gasteiger charge is 2.25. The Labute approximate surface area is 139 Å². The fourth-order valence-corrected chi connectivity index (χ4v) is 4.22. The average molecular weight is 338 g/mol. The number of rotatable bonds is 6. The Bertz CT molecular complexity index is 685. The summed E-state index contributed by atoms with van der Waals surface area (Å²) in [5.74, 6) is 0.00935. The second-order valence-corrected chi connectivity index (χ2v) is 8.55. The predicted octanol–water partition coefficient (Wildman–Crippen LogP) is 1.96. The third-order valence-corrected chi connectivity index (χ3v) is 6.40. The summed E-state index contributed by atoms with van der Waals surface area (Å²) >= 11 is 0. The molecule has 0 bridgehead atoms. The Morgan fingerprint density at radius 3 is 2.65 bits per heavy atom. The van der Waals surface area contributed by atoms with Gasteiger partial charge in [0, 0.05) is 43.2 Å². The summed E-state index contributed by atoms with van der Waals surface area (Å²) in [6, 6.07) is 5.45. The van der Waals surface area contributed by atoms with E-state index in [1.807, 2.05) is 32.2 Å². The number of carbonyl (C=O) groups excluding carboxylic acids is 1. The average Bonchev–Trinajstić information content (AvgIpc) is 2.88. The summed E-state index contributed by atoms with van der Waals surface area (Å²) in [5.41, 5.74) is 2.98. The molecule has 1 unspecified atom stereocenters. The van der Waals surface area contributed by atoms with Crippen LogP contribution in [0.5, 0.6) is 0 Å². The molecular weight excluding hydrogens is 312 g/mol. The van der Waals surface area contributed by atoms with Crippen LogP contribution in [0.3, 0.4) is 0 Å². The van der Waals surface area contributed by atoms with Gasteiger partial charge in [-0.1, -0.05) is 13.0 Å². The van der Waals surface area contributed by atoms with E-state index in [-0.39, 0.29) is 23.5 Å². The van der Waals surface area contributed by atoms with Crippen molar-refractivity contribution in [3.8, 4) is 0 Å². The Balaban J connectivity index is 2.22. The van der Waals surface area contributed by atoms with E-state index in [9.17, 15) is 13.2 Å². The van der Waals surface area contributed by atoms with Crippen molar-refractivity contribution in [1.82, 2.24) is 4.90 Å². The SMILES string of the molecule is CCN(C(=O)c1ccc2c(c1)N(C)CC2)C(C)CS(=O)(=O)CC. The first kappa shape index (κ1) is 17.8. The molecule has 1 aliphatic heterocycles. The number of anilines is 1. The lowest BCUT2D eigenvalue weighted by Gasteiger charge is -2.28. The molecule has 0 saturated carbocycles. The van der Waals surface area contributed by atoms with Crippen LogP contribution >= 0.6 is 0 Å². The van der Waals surface area contributed by atoms with Crippen molar-refractivity contribution in [2.45, 2.75) is 33.2 Å². The van der Waals surface area contributed by atoms with Gasteiger partial charge in [0.2, 0.25) is 0 Å². The van der Waals surface area contributed by atoms with Gasteiger partial charge in [-0.05, 0) is 38.0 Å². The molecule has 0 spiro atoms. The van der Waals surface area contributed by atoms with Gasteiger partial charge in [0.25, 0.3) is 5.91 Å². The number of benzene rings is 1. The first-order valence-electron chi connectivity index (χ1n) is 8.14. The molecule has 0 saturated heterocycles. The van der Waals surface area contributed by atoms with Crippen LogP contribution < -0.4 is 4.90 Å². The molecule has 1 amide bonds. The van der Waals surface area contributed by atoms with Crippen LogP contribution in [0.25, 0.3) is 0 Å². The number of likely N-dealkylation sites (N-methyl/N-ethyl adjacent to an activating group) is 1. The maximum atomic E-state index is 12.8. The minimum atomic E-state index is -3.11. The van der Waals surface area contributed by atoms with Crippen LogP contribution in [0.2, 0.25) is 0 Å². The van der Waals surface area contributed by atoms with Gasteiger partial charge in [-0.2, -0.15) is 0 Å². The number of hydrogen-bond acceptors (Lipinski definition) is 4. The molecule has 5 nitrogen and oxygen atoms in total. The van der Waals surface area contributed by atoms with Gasteiger partial charge >= 0.3 is 0 Å². The Kier molecular flexibility index (Phi) is 5.34. The van der Waals surface area contributed by atoms with Crippen LogP contribution in [0.4, 0.5) is 5.69 Å². The molecule has 0 fully saturated rings. The number of sulfone groups is 1. The van der Waals surface area contributed by atoms with E-state index in [0.29, 0.717) is 12.1 Å². The molecule has 0 N–H and O–H groups in total. The van der Waals surface area contributed by atoms with Crippen LogP contribution in [-0.2, 0) is 16.3 Å². The van der Waals surface area contributed by atoms with Crippen LogP contribution in [0.15, 0.2) is 18.2 Å². The van der Waals surface area contributed by atoms with Crippen LogP contribution in [-0.4, -0.2) is 56.9 Å². The largest absolute Gasteiger partial charge is 0.374 e. The fraction of sp³-hybridized carbons (Fsp3) is 0.588. The van der Waals surface area contributed by atoms with E-state index in [1.54, 1.807) is 18.7 Å².